The van der Waals surface area contributed by atoms with E-state index >= 15 is 0 Å². The van der Waals surface area contributed by atoms with Crippen molar-refractivity contribution in [2.24, 2.45) is 0 Å². The largest absolute Gasteiger partial charge is 0.322 e. The van der Waals surface area contributed by atoms with Gasteiger partial charge in [0, 0.05) is 18.8 Å². The quantitative estimate of drug-likeness (QED) is 0.351. The molecular formula is C24H22Cl3N3O5S2. The third-order valence-corrected chi connectivity index (χ3v) is 10.2. The van der Waals surface area contributed by atoms with Crippen LogP contribution in [0.15, 0.2) is 70.5 Å². The van der Waals surface area contributed by atoms with Gasteiger partial charge in [-0.15, -0.1) is 0 Å². The number of hydrogen-bond acceptors (Lipinski definition) is 5. The van der Waals surface area contributed by atoms with Gasteiger partial charge < -0.3 is 5.32 Å². The van der Waals surface area contributed by atoms with E-state index in [9.17, 15) is 21.6 Å². The van der Waals surface area contributed by atoms with Crippen molar-refractivity contribution >= 4 is 72.1 Å². The number of nitrogens with one attached hydrogen (secondary N) is 2. The molecule has 0 aromatic heterocycles. The average molecular weight is 603 g/mol. The minimum absolute atomic E-state index is 0.0175. The van der Waals surface area contributed by atoms with Crippen LogP contribution in [0.25, 0.3) is 0 Å². The first-order chi connectivity index (χ1) is 17.5. The fraction of sp³-hybridized carbons (Fsp3) is 0.208. The molecule has 13 heteroatoms. The lowest BCUT2D eigenvalue weighted by atomic mass is 10.2. The summed E-state index contributed by atoms with van der Waals surface area (Å²) in [6.07, 6.45) is 2.55. The normalized spacial score (nSPS) is 14.8. The molecule has 3 aromatic carbocycles. The van der Waals surface area contributed by atoms with Gasteiger partial charge in [0.25, 0.3) is 15.9 Å². The number of halogens is 3. The maximum absolute atomic E-state index is 13.0. The van der Waals surface area contributed by atoms with Crippen LogP contribution in [-0.2, 0) is 20.0 Å². The summed E-state index contributed by atoms with van der Waals surface area (Å²) < 4.78 is 55.3. The van der Waals surface area contributed by atoms with E-state index in [1.165, 1.54) is 58.9 Å². The first-order valence-electron chi connectivity index (χ1n) is 11.2. The Morgan fingerprint density at radius 3 is 2.11 bits per heavy atom. The zero-order valence-electron chi connectivity index (χ0n) is 19.2. The van der Waals surface area contributed by atoms with Crippen LogP contribution in [0.5, 0.6) is 0 Å². The van der Waals surface area contributed by atoms with Gasteiger partial charge in [0.05, 0.1) is 36.1 Å². The van der Waals surface area contributed by atoms with E-state index in [-0.39, 0.29) is 41.8 Å². The Hall–Kier alpha value is -2.34. The first kappa shape index (κ1) is 27.7. The summed E-state index contributed by atoms with van der Waals surface area (Å²) in [5, 5.41) is 2.97. The van der Waals surface area contributed by atoms with Crippen LogP contribution in [0.1, 0.15) is 29.6 Å². The molecule has 37 heavy (non-hydrogen) atoms. The summed E-state index contributed by atoms with van der Waals surface area (Å²) in [6, 6.07) is 14.0. The Kier molecular flexibility index (Phi) is 8.37. The second kappa shape index (κ2) is 11.2. The summed E-state index contributed by atoms with van der Waals surface area (Å²) in [7, 11) is -7.75. The highest BCUT2D eigenvalue weighted by atomic mass is 35.5. The Morgan fingerprint density at radius 1 is 0.784 bits per heavy atom. The topological polar surface area (TPSA) is 113 Å². The standard InChI is InChI=1S/C24H22Cl3N3O5S2/c25-20-12-11-18(37(34,35)30-13-2-1-3-14-30)15-19(20)24(31)28-16-7-9-17(10-8-16)36(32,33)29-22-6-4-5-21(26)23(22)27/h4-12,15,29H,1-3,13-14H2,(H,28,31). The molecule has 0 radical (unpaired) electrons. The fourth-order valence-corrected chi connectivity index (χ4v) is 7.02. The Labute approximate surface area is 230 Å². The van der Waals surface area contributed by atoms with Crippen LogP contribution < -0.4 is 10.0 Å². The third-order valence-electron chi connectivity index (χ3n) is 5.75. The molecule has 1 saturated heterocycles. The lowest BCUT2D eigenvalue weighted by Crippen LogP contribution is -2.35. The van der Waals surface area contributed by atoms with E-state index < -0.39 is 26.0 Å². The number of benzene rings is 3. The van der Waals surface area contributed by atoms with Gasteiger partial charge in [-0.25, -0.2) is 16.8 Å². The molecule has 0 unspecified atom stereocenters. The van der Waals surface area contributed by atoms with Gasteiger partial charge >= 0.3 is 0 Å². The molecular weight excluding hydrogens is 581 g/mol. The Bertz CT molecular complexity index is 1540. The van der Waals surface area contributed by atoms with Crippen molar-refractivity contribution in [2.75, 3.05) is 23.1 Å². The van der Waals surface area contributed by atoms with Crippen molar-refractivity contribution in [3.05, 3.63) is 81.3 Å². The molecule has 1 heterocycles. The van der Waals surface area contributed by atoms with Gasteiger partial charge in [-0.2, -0.15) is 4.31 Å². The molecule has 2 N–H and O–H groups in total. The number of hydrogen-bond donors (Lipinski definition) is 2. The number of carbonyl (C=O) groups is 1. The highest BCUT2D eigenvalue weighted by Crippen LogP contribution is 2.31. The second-order valence-corrected chi connectivity index (χ2v) is 13.1. The van der Waals surface area contributed by atoms with Gasteiger partial charge in [-0.05, 0) is 67.4 Å². The smallest absolute Gasteiger partial charge is 0.261 e. The van der Waals surface area contributed by atoms with Crippen molar-refractivity contribution in [1.29, 1.82) is 0 Å². The van der Waals surface area contributed by atoms with Crippen molar-refractivity contribution in [1.82, 2.24) is 4.31 Å². The maximum atomic E-state index is 13.0. The minimum Gasteiger partial charge on any atom is -0.322 e. The lowest BCUT2D eigenvalue weighted by molar-refractivity contribution is 0.102. The lowest BCUT2D eigenvalue weighted by Gasteiger charge is -2.26. The SMILES string of the molecule is O=C(Nc1ccc(S(=O)(=O)Nc2cccc(Cl)c2Cl)cc1)c1cc(S(=O)(=O)N2CCCCC2)ccc1Cl. The number of sulfonamides is 2. The van der Waals surface area contributed by atoms with Gasteiger partial charge in [0.15, 0.2) is 0 Å². The highest BCUT2D eigenvalue weighted by molar-refractivity contribution is 7.92. The average Bonchev–Trinajstić information content (AvgIpc) is 2.87. The Morgan fingerprint density at radius 2 is 1.43 bits per heavy atom. The number of piperidine rings is 1. The maximum Gasteiger partial charge on any atom is 0.261 e. The van der Waals surface area contributed by atoms with Gasteiger partial charge in [-0.1, -0.05) is 47.3 Å². The van der Waals surface area contributed by atoms with Crippen LogP contribution >= 0.6 is 34.8 Å². The minimum atomic E-state index is -3.99. The van der Waals surface area contributed by atoms with Crippen LogP contribution in [0.2, 0.25) is 15.1 Å². The molecule has 1 aliphatic heterocycles. The summed E-state index contributed by atoms with van der Waals surface area (Å²) >= 11 is 18.2. The fourth-order valence-electron chi connectivity index (χ4n) is 3.80. The van der Waals surface area contributed by atoms with E-state index in [0.29, 0.717) is 13.1 Å². The summed E-state index contributed by atoms with van der Waals surface area (Å²) in [5.74, 6) is -0.639. The van der Waals surface area contributed by atoms with Crippen molar-refractivity contribution in [3.63, 3.8) is 0 Å². The molecule has 196 valence electrons. The molecule has 0 spiro atoms. The van der Waals surface area contributed by atoms with Crippen molar-refractivity contribution in [3.8, 4) is 0 Å². The first-order valence-corrected chi connectivity index (χ1v) is 15.2. The summed E-state index contributed by atoms with van der Waals surface area (Å²) in [6.45, 7) is 0.861. The van der Waals surface area contributed by atoms with Gasteiger partial charge in [0.1, 0.15) is 0 Å². The molecule has 0 aliphatic carbocycles. The highest BCUT2D eigenvalue weighted by Gasteiger charge is 2.27. The predicted molar refractivity (Wildman–Crippen MR) is 146 cm³/mol. The van der Waals surface area contributed by atoms with Crippen LogP contribution in [-0.4, -0.2) is 40.1 Å². The molecule has 8 nitrogen and oxygen atoms in total. The predicted octanol–water partition coefficient (Wildman–Crippen LogP) is 5.87. The van der Waals surface area contributed by atoms with E-state index in [2.05, 4.69) is 10.0 Å². The van der Waals surface area contributed by atoms with Gasteiger partial charge in [0.2, 0.25) is 10.0 Å². The van der Waals surface area contributed by atoms with Crippen molar-refractivity contribution in [2.45, 2.75) is 29.1 Å². The molecule has 0 atom stereocenters. The summed E-state index contributed by atoms with van der Waals surface area (Å²) in [5.41, 5.74) is 0.388. The molecule has 1 amide bonds. The number of anilines is 2. The molecule has 3 aromatic rings. The number of amides is 1. The molecule has 0 bridgehead atoms. The van der Waals surface area contributed by atoms with Crippen LogP contribution in [0, 0.1) is 0 Å². The Balaban J connectivity index is 1.51. The van der Waals surface area contributed by atoms with E-state index in [1.807, 2.05) is 0 Å². The molecule has 4 rings (SSSR count). The third kappa shape index (κ3) is 6.22. The van der Waals surface area contributed by atoms with E-state index in [4.69, 9.17) is 34.8 Å². The molecule has 1 fully saturated rings. The van der Waals surface area contributed by atoms with E-state index in [0.717, 1.165) is 19.3 Å². The van der Waals surface area contributed by atoms with E-state index in [1.54, 1.807) is 6.07 Å². The van der Waals surface area contributed by atoms with Crippen molar-refractivity contribution < 1.29 is 21.6 Å². The number of nitrogens with zero attached hydrogens (tertiary/aromatic N) is 1. The van der Waals surface area contributed by atoms with Crippen LogP contribution in [0.3, 0.4) is 0 Å². The number of carbonyl (C=O) groups excluding carboxylic acids is 1. The molecule has 1 aliphatic rings. The molecule has 0 saturated carbocycles. The van der Waals surface area contributed by atoms with Gasteiger partial charge in [-0.3, -0.25) is 9.52 Å². The zero-order chi connectivity index (χ0) is 26.8. The zero-order valence-corrected chi connectivity index (χ0v) is 23.1. The number of rotatable bonds is 7. The second-order valence-electron chi connectivity index (χ2n) is 8.29. The monoisotopic (exact) mass is 601 g/mol. The summed E-state index contributed by atoms with van der Waals surface area (Å²) in [4.78, 5) is 12.8. The van der Waals surface area contributed by atoms with Crippen LogP contribution in [0.4, 0.5) is 11.4 Å².